The predicted octanol–water partition coefficient (Wildman–Crippen LogP) is 3.64. The van der Waals surface area contributed by atoms with Crippen molar-refractivity contribution < 1.29 is 18.0 Å². The van der Waals surface area contributed by atoms with Crippen LogP contribution in [0.2, 0.25) is 0 Å². The monoisotopic (exact) mass is 338 g/mol. The number of alkyl halides is 3. The van der Waals surface area contributed by atoms with Crippen LogP contribution >= 0.6 is 0 Å². The number of allylic oxidation sites excluding steroid dienone is 1. The van der Waals surface area contributed by atoms with Gasteiger partial charge in [-0.3, -0.25) is 9.69 Å². The fourth-order valence-corrected chi connectivity index (χ4v) is 2.55. The zero-order valence-corrected chi connectivity index (χ0v) is 13.6. The first kappa shape index (κ1) is 18.3. The van der Waals surface area contributed by atoms with E-state index in [9.17, 15) is 18.0 Å². The highest BCUT2D eigenvalue weighted by molar-refractivity contribution is 5.96. The Labute approximate surface area is 139 Å². The van der Waals surface area contributed by atoms with Crippen LogP contribution in [0.15, 0.2) is 48.1 Å². The van der Waals surface area contributed by atoms with Crippen molar-refractivity contribution in [1.29, 1.82) is 0 Å². The predicted molar refractivity (Wildman–Crippen MR) is 87.7 cm³/mol. The van der Waals surface area contributed by atoms with Gasteiger partial charge in [0, 0.05) is 26.2 Å². The molecule has 0 spiro atoms. The van der Waals surface area contributed by atoms with E-state index < -0.39 is 17.6 Å². The molecule has 0 fully saturated rings. The SMILES string of the molecule is CC=CCN1CC=C(CNC(=O)c2ccccc2C(F)(F)F)CC1. The standard InChI is InChI=1S/C18H21F3N2O/c1-2-3-10-23-11-8-14(9-12-23)13-22-17(24)15-6-4-5-7-16(15)18(19,20)21/h2-8H,9-13H2,1H3,(H,22,24). The first-order chi connectivity index (χ1) is 11.4. The molecular weight excluding hydrogens is 317 g/mol. The Morgan fingerprint density at radius 2 is 2.08 bits per heavy atom. The minimum atomic E-state index is -4.54. The summed E-state index contributed by atoms with van der Waals surface area (Å²) in [4.78, 5) is 14.4. The summed E-state index contributed by atoms with van der Waals surface area (Å²) in [6.07, 6.45) is 2.37. The lowest BCUT2D eigenvalue weighted by molar-refractivity contribution is -0.137. The van der Waals surface area contributed by atoms with Gasteiger partial charge in [0.1, 0.15) is 0 Å². The third-order valence-corrected chi connectivity index (χ3v) is 3.94. The van der Waals surface area contributed by atoms with Gasteiger partial charge in [-0.25, -0.2) is 0 Å². The van der Waals surface area contributed by atoms with Gasteiger partial charge in [0.25, 0.3) is 5.91 Å². The topological polar surface area (TPSA) is 32.3 Å². The van der Waals surface area contributed by atoms with Crippen LogP contribution in [0.4, 0.5) is 13.2 Å². The van der Waals surface area contributed by atoms with Gasteiger partial charge in [0.2, 0.25) is 0 Å². The molecule has 1 aromatic rings. The third-order valence-electron chi connectivity index (χ3n) is 3.94. The van der Waals surface area contributed by atoms with E-state index in [1.807, 2.05) is 19.1 Å². The molecule has 0 aliphatic carbocycles. The van der Waals surface area contributed by atoms with Crippen molar-refractivity contribution in [2.24, 2.45) is 0 Å². The zero-order chi connectivity index (χ0) is 17.6. The zero-order valence-electron chi connectivity index (χ0n) is 13.6. The van der Waals surface area contributed by atoms with Crippen LogP contribution in [-0.2, 0) is 6.18 Å². The molecule has 2 rings (SSSR count). The van der Waals surface area contributed by atoms with Gasteiger partial charge in [0.15, 0.2) is 0 Å². The molecule has 0 atom stereocenters. The van der Waals surface area contributed by atoms with Gasteiger partial charge < -0.3 is 5.32 Å². The summed E-state index contributed by atoms with van der Waals surface area (Å²) < 4.78 is 38.8. The number of carbonyl (C=O) groups is 1. The van der Waals surface area contributed by atoms with Crippen molar-refractivity contribution >= 4 is 5.91 Å². The quantitative estimate of drug-likeness (QED) is 0.832. The van der Waals surface area contributed by atoms with Gasteiger partial charge in [-0.15, -0.1) is 0 Å². The van der Waals surface area contributed by atoms with Gasteiger partial charge in [-0.05, 0) is 25.5 Å². The van der Waals surface area contributed by atoms with E-state index in [4.69, 9.17) is 0 Å². The second-order valence-corrected chi connectivity index (χ2v) is 5.67. The van der Waals surface area contributed by atoms with Crippen LogP contribution < -0.4 is 5.32 Å². The van der Waals surface area contributed by atoms with E-state index in [1.54, 1.807) is 0 Å². The van der Waals surface area contributed by atoms with Crippen LogP contribution in [0.5, 0.6) is 0 Å². The van der Waals surface area contributed by atoms with E-state index in [0.717, 1.165) is 37.7 Å². The second kappa shape index (κ2) is 8.15. The smallest absolute Gasteiger partial charge is 0.348 e. The number of nitrogens with one attached hydrogen (secondary N) is 1. The van der Waals surface area contributed by atoms with Crippen molar-refractivity contribution in [1.82, 2.24) is 10.2 Å². The van der Waals surface area contributed by atoms with Crippen LogP contribution in [0, 0.1) is 0 Å². The van der Waals surface area contributed by atoms with Gasteiger partial charge in [-0.2, -0.15) is 13.2 Å². The average Bonchev–Trinajstić information content (AvgIpc) is 2.58. The summed E-state index contributed by atoms with van der Waals surface area (Å²) in [5, 5.41) is 2.60. The van der Waals surface area contributed by atoms with Crippen LogP contribution in [-0.4, -0.2) is 37.0 Å². The Hall–Kier alpha value is -2.08. The lowest BCUT2D eigenvalue weighted by Gasteiger charge is -2.25. The van der Waals surface area contributed by atoms with Gasteiger partial charge in [0.05, 0.1) is 11.1 Å². The maximum absolute atomic E-state index is 12.9. The Bertz CT molecular complexity index is 635. The highest BCUT2D eigenvalue weighted by Crippen LogP contribution is 2.31. The molecule has 0 saturated heterocycles. The molecule has 1 heterocycles. The highest BCUT2D eigenvalue weighted by Gasteiger charge is 2.34. The molecule has 0 bridgehead atoms. The van der Waals surface area contributed by atoms with Gasteiger partial charge >= 0.3 is 6.18 Å². The third kappa shape index (κ3) is 4.96. The first-order valence-corrected chi connectivity index (χ1v) is 7.87. The Balaban J connectivity index is 1.94. The number of halogens is 3. The molecule has 24 heavy (non-hydrogen) atoms. The maximum atomic E-state index is 12.9. The van der Waals surface area contributed by atoms with Gasteiger partial charge in [-0.1, -0.05) is 35.9 Å². The van der Waals surface area contributed by atoms with E-state index >= 15 is 0 Å². The summed E-state index contributed by atoms with van der Waals surface area (Å²) in [6, 6.07) is 4.84. The average molecular weight is 338 g/mol. The Morgan fingerprint density at radius 3 is 2.71 bits per heavy atom. The number of hydrogen-bond acceptors (Lipinski definition) is 2. The minimum absolute atomic E-state index is 0.280. The number of benzene rings is 1. The summed E-state index contributed by atoms with van der Waals surface area (Å²) in [6.45, 7) is 4.80. The van der Waals surface area contributed by atoms with Crippen LogP contribution in [0.25, 0.3) is 0 Å². The number of hydrogen-bond donors (Lipinski definition) is 1. The van der Waals surface area contributed by atoms with E-state index in [-0.39, 0.29) is 12.1 Å². The van der Waals surface area contributed by atoms with E-state index in [2.05, 4.69) is 16.3 Å². The van der Waals surface area contributed by atoms with E-state index in [0.29, 0.717) is 0 Å². The van der Waals surface area contributed by atoms with Crippen molar-refractivity contribution in [3.05, 3.63) is 59.2 Å². The largest absolute Gasteiger partial charge is 0.417 e. The normalized spacial score (nSPS) is 16.2. The van der Waals surface area contributed by atoms with Crippen LogP contribution in [0.1, 0.15) is 29.3 Å². The fraction of sp³-hybridized carbons (Fsp3) is 0.389. The maximum Gasteiger partial charge on any atom is 0.417 e. The number of rotatable bonds is 5. The Kier molecular flexibility index (Phi) is 6.20. The fourth-order valence-electron chi connectivity index (χ4n) is 2.55. The summed E-state index contributed by atoms with van der Waals surface area (Å²) in [5.41, 5.74) is -0.196. The number of nitrogens with zero attached hydrogens (tertiary/aromatic N) is 1. The molecule has 1 aliphatic heterocycles. The number of carbonyl (C=O) groups excluding carboxylic acids is 1. The van der Waals surface area contributed by atoms with Crippen molar-refractivity contribution in [2.75, 3.05) is 26.2 Å². The molecule has 1 aromatic carbocycles. The molecule has 1 amide bonds. The molecule has 3 nitrogen and oxygen atoms in total. The summed E-state index contributed by atoms with van der Waals surface area (Å²) in [7, 11) is 0. The lowest BCUT2D eigenvalue weighted by atomic mass is 10.1. The first-order valence-electron chi connectivity index (χ1n) is 7.87. The molecule has 0 unspecified atom stereocenters. The number of amides is 1. The summed E-state index contributed by atoms with van der Waals surface area (Å²) in [5.74, 6) is -0.694. The second-order valence-electron chi connectivity index (χ2n) is 5.67. The van der Waals surface area contributed by atoms with Crippen molar-refractivity contribution in [3.63, 3.8) is 0 Å². The van der Waals surface area contributed by atoms with E-state index in [1.165, 1.54) is 18.2 Å². The molecule has 130 valence electrons. The highest BCUT2D eigenvalue weighted by atomic mass is 19.4. The Morgan fingerprint density at radius 1 is 1.33 bits per heavy atom. The molecule has 0 saturated carbocycles. The molecule has 1 aliphatic rings. The molecule has 6 heteroatoms. The lowest BCUT2D eigenvalue weighted by Crippen LogP contribution is -2.33. The van der Waals surface area contributed by atoms with Crippen molar-refractivity contribution in [2.45, 2.75) is 19.5 Å². The molecule has 0 aromatic heterocycles. The van der Waals surface area contributed by atoms with Crippen molar-refractivity contribution in [3.8, 4) is 0 Å². The molecule has 0 radical (unpaired) electrons. The summed E-state index contributed by atoms with van der Waals surface area (Å²) >= 11 is 0. The molecule has 1 N–H and O–H groups in total. The van der Waals surface area contributed by atoms with Crippen LogP contribution in [0.3, 0.4) is 0 Å². The minimum Gasteiger partial charge on any atom is -0.348 e. The molecular formula is C18H21F3N2O.